The summed E-state index contributed by atoms with van der Waals surface area (Å²) in [6, 6.07) is 7.52. The summed E-state index contributed by atoms with van der Waals surface area (Å²) in [6.07, 6.45) is 2.29. The number of carbonyl (C=O) groups excluding carboxylic acids is 3. The molecule has 43 heavy (non-hydrogen) atoms. The molecule has 0 aliphatic carbocycles. The van der Waals surface area contributed by atoms with Crippen molar-refractivity contribution in [2.45, 2.75) is 115 Å². The maximum absolute atomic E-state index is 14.0. The molecule has 0 bridgehead atoms. The van der Waals surface area contributed by atoms with Crippen LogP contribution in [0.5, 0.6) is 5.75 Å². The third-order valence-electron chi connectivity index (χ3n) is 8.76. The van der Waals surface area contributed by atoms with Crippen LogP contribution in [0.1, 0.15) is 79.7 Å². The average Bonchev–Trinajstić information content (AvgIpc) is 2.98. The number of hydrogen-bond donors (Lipinski definition) is 0. The van der Waals surface area contributed by atoms with Crippen molar-refractivity contribution in [1.29, 1.82) is 0 Å². The summed E-state index contributed by atoms with van der Waals surface area (Å²) in [5.74, 6) is -2.40. The Kier molecular flexibility index (Phi) is 14.1. The van der Waals surface area contributed by atoms with E-state index in [9.17, 15) is 14.4 Å². The minimum atomic E-state index is -2.55. The van der Waals surface area contributed by atoms with Crippen LogP contribution in [0.15, 0.2) is 35.9 Å². The van der Waals surface area contributed by atoms with E-state index < -0.39 is 38.2 Å². The van der Waals surface area contributed by atoms with Gasteiger partial charge in [0, 0.05) is 26.0 Å². The Labute approximate surface area is 258 Å². The lowest BCUT2D eigenvalue weighted by molar-refractivity contribution is -0.296. The van der Waals surface area contributed by atoms with Crippen molar-refractivity contribution in [2.75, 3.05) is 21.3 Å². The zero-order valence-electron chi connectivity index (χ0n) is 27.6. The summed E-state index contributed by atoms with van der Waals surface area (Å²) in [7, 11) is 1.88. The lowest BCUT2D eigenvalue weighted by Gasteiger charge is -2.47. The first-order valence-electron chi connectivity index (χ1n) is 15.2. The van der Waals surface area contributed by atoms with E-state index in [-0.39, 0.29) is 42.0 Å². The predicted octanol–water partition coefficient (Wildman–Crippen LogP) is 6.54. The molecule has 0 amide bonds. The normalized spacial score (nSPS) is 21.6. The quantitative estimate of drug-likeness (QED) is 0.0882. The highest BCUT2D eigenvalue weighted by Crippen LogP contribution is 2.45. The maximum Gasteiger partial charge on any atom is 0.330 e. The second kappa shape index (κ2) is 16.5. The van der Waals surface area contributed by atoms with Gasteiger partial charge in [0.1, 0.15) is 18.0 Å². The molecule has 242 valence electrons. The molecule has 1 aromatic carbocycles. The van der Waals surface area contributed by atoms with Crippen LogP contribution in [-0.2, 0) is 44.4 Å². The summed E-state index contributed by atoms with van der Waals surface area (Å²) in [5.41, 5.74) is 2.24. The van der Waals surface area contributed by atoms with Gasteiger partial charge in [-0.2, -0.15) is 0 Å². The Morgan fingerprint density at radius 2 is 1.60 bits per heavy atom. The molecule has 1 saturated heterocycles. The minimum absolute atomic E-state index is 0.170. The van der Waals surface area contributed by atoms with Crippen LogP contribution in [0, 0.1) is 5.92 Å². The third kappa shape index (κ3) is 9.00. The van der Waals surface area contributed by atoms with E-state index in [1.165, 1.54) is 20.3 Å². The molecule has 2 rings (SSSR count). The molecule has 1 aliphatic rings. The Morgan fingerprint density at radius 1 is 1.00 bits per heavy atom. The Bertz CT molecular complexity index is 1060. The maximum atomic E-state index is 14.0. The smallest absolute Gasteiger partial charge is 0.330 e. The molecular weight excluding hydrogens is 568 g/mol. The molecular formula is C33H52O9Si. The lowest BCUT2D eigenvalue weighted by atomic mass is 9.85. The molecule has 1 aromatic rings. The summed E-state index contributed by atoms with van der Waals surface area (Å²) in [6.45, 7) is 14.8. The van der Waals surface area contributed by atoms with Crippen LogP contribution in [0.2, 0.25) is 16.6 Å². The van der Waals surface area contributed by atoms with Crippen LogP contribution in [0.25, 0.3) is 0 Å². The Hall–Kier alpha value is -2.53. The van der Waals surface area contributed by atoms with Crippen LogP contribution in [0.4, 0.5) is 0 Å². The fraction of sp³-hybridized carbons (Fsp3) is 0.667. The van der Waals surface area contributed by atoms with Crippen molar-refractivity contribution in [3.63, 3.8) is 0 Å². The summed E-state index contributed by atoms with van der Waals surface area (Å²) >= 11 is 0. The monoisotopic (exact) mass is 620 g/mol. The number of carbonyl (C=O) groups is 3. The van der Waals surface area contributed by atoms with Gasteiger partial charge in [-0.15, -0.1) is 0 Å². The van der Waals surface area contributed by atoms with Gasteiger partial charge in [0.05, 0.1) is 33.0 Å². The topological polar surface area (TPSA) is 107 Å². The first-order valence-corrected chi connectivity index (χ1v) is 17.3. The zero-order chi connectivity index (χ0) is 32.4. The third-order valence-corrected chi connectivity index (χ3v) is 14.7. The van der Waals surface area contributed by atoms with Crippen molar-refractivity contribution in [3.05, 3.63) is 41.5 Å². The standard InChI is InChI=1S/C33H52O9Si/c1-22(2)43(23(3)4,24(5)6)42-32(36)25(7)33(39-10)20-27(19-31(35)38-9)18-30(41-33)29(12-11-17-34)40-21-26-13-15-28(37-8)16-14-26/h13-17,19,22-25,29-30H,11-12,18,20-21H2,1-10H3/b27-19+/t25-,29-,30-,33+/m1/s1. The summed E-state index contributed by atoms with van der Waals surface area (Å²) < 4.78 is 35.7. The molecule has 10 heteroatoms. The molecule has 4 atom stereocenters. The average molecular weight is 621 g/mol. The number of ether oxygens (including phenoxy) is 5. The van der Waals surface area contributed by atoms with Gasteiger partial charge in [0.15, 0.2) is 5.79 Å². The first kappa shape index (κ1) is 36.7. The Balaban J connectivity index is 2.47. The van der Waals surface area contributed by atoms with Crippen molar-refractivity contribution in [2.24, 2.45) is 5.92 Å². The van der Waals surface area contributed by atoms with Crippen molar-refractivity contribution in [1.82, 2.24) is 0 Å². The molecule has 1 fully saturated rings. The molecule has 0 aromatic heterocycles. The highest BCUT2D eigenvalue weighted by Gasteiger charge is 2.53. The van der Waals surface area contributed by atoms with Crippen molar-refractivity contribution >= 4 is 26.5 Å². The van der Waals surface area contributed by atoms with E-state index in [4.69, 9.17) is 28.1 Å². The number of aldehydes is 1. The van der Waals surface area contributed by atoms with Crippen LogP contribution in [0.3, 0.4) is 0 Å². The fourth-order valence-electron chi connectivity index (χ4n) is 6.41. The van der Waals surface area contributed by atoms with Gasteiger partial charge in [-0.25, -0.2) is 4.79 Å². The summed E-state index contributed by atoms with van der Waals surface area (Å²) in [4.78, 5) is 37.7. The number of benzene rings is 1. The van der Waals surface area contributed by atoms with Gasteiger partial charge in [0.25, 0.3) is 8.32 Å². The number of esters is 1. The Morgan fingerprint density at radius 3 is 2.09 bits per heavy atom. The fourth-order valence-corrected chi connectivity index (χ4v) is 11.6. The predicted molar refractivity (Wildman–Crippen MR) is 167 cm³/mol. The molecule has 0 unspecified atom stereocenters. The summed E-state index contributed by atoms with van der Waals surface area (Å²) in [5, 5.41) is 0. The largest absolute Gasteiger partial charge is 0.518 e. The van der Waals surface area contributed by atoms with Crippen LogP contribution in [-0.4, -0.2) is 65.9 Å². The number of rotatable bonds is 16. The highest BCUT2D eigenvalue weighted by molar-refractivity contribution is 6.78. The van der Waals surface area contributed by atoms with Gasteiger partial charge in [-0.3, -0.25) is 4.79 Å². The van der Waals surface area contributed by atoms with Crippen LogP contribution >= 0.6 is 0 Å². The van der Waals surface area contributed by atoms with E-state index in [1.54, 1.807) is 14.0 Å². The van der Waals surface area contributed by atoms with E-state index in [0.29, 0.717) is 18.4 Å². The second-order valence-electron chi connectivity index (χ2n) is 12.3. The van der Waals surface area contributed by atoms with E-state index >= 15 is 0 Å². The second-order valence-corrected chi connectivity index (χ2v) is 17.7. The highest BCUT2D eigenvalue weighted by atomic mass is 28.4. The van der Waals surface area contributed by atoms with Crippen molar-refractivity contribution in [3.8, 4) is 5.75 Å². The molecule has 0 radical (unpaired) electrons. The molecule has 1 heterocycles. The lowest BCUT2D eigenvalue weighted by Crippen LogP contribution is -2.56. The molecule has 1 aliphatic heterocycles. The molecule has 0 spiro atoms. The van der Waals surface area contributed by atoms with Gasteiger partial charge < -0.3 is 32.9 Å². The first-order chi connectivity index (χ1) is 20.3. The van der Waals surface area contributed by atoms with Gasteiger partial charge in [0.2, 0.25) is 0 Å². The van der Waals surface area contributed by atoms with Gasteiger partial charge >= 0.3 is 11.9 Å². The molecule has 0 saturated carbocycles. The molecule has 0 N–H and O–H groups in total. The van der Waals surface area contributed by atoms with Gasteiger partial charge in [-0.1, -0.05) is 59.2 Å². The zero-order valence-corrected chi connectivity index (χ0v) is 28.6. The number of methoxy groups -OCH3 is 3. The van der Waals surface area contributed by atoms with E-state index in [2.05, 4.69) is 41.5 Å². The number of hydrogen-bond acceptors (Lipinski definition) is 9. The van der Waals surface area contributed by atoms with E-state index in [0.717, 1.165) is 17.6 Å². The van der Waals surface area contributed by atoms with Crippen molar-refractivity contribution < 1.29 is 42.5 Å². The van der Waals surface area contributed by atoms with Gasteiger partial charge in [-0.05, 0) is 54.1 Å². The molecule has 9 nitrogen and oxygen atoms in total. The van der Waals surface area contributed by atoms with E-state index in [1.807, 2.05) is 24.3 Å². The minimum Gasteiger partial charge on any atom is -0.518 e. The SMILES string of the molecule is COC(=O)/C=C1\C[C@H]([C@@H](CCC=O)OCc2ccc(OC)cc2)O[C@](OC)([C@H](C)C(=O)O[Si](C(C)C)(C(C)C)C(C)C)C1. The van der Waals surface area contributed by atoms with Crippen LogP contribution < -0.4 is 4.74 Å².